The van der Waals surface area contributed by atoms with Gasteiger partial charge in [0.25, 0.3) is 5.91 Å². The van der Waals surface area contributed by atoms with Gasteiger partial charge in [-0.3, -0.25) is 4.79 Å². The Balaban J connectivity index is 1.88. The third kappa shape index (κ3) is 3.03. The number of carbonyl (C=O) groups excluding carboxylic acids is 1. The number of benzene rings is 1. The number of ether oxygens (including phenoxy) is 1. The van der Waals surface area contributed by atoms with Crippen LogP contribution in [-0.4, -0.2) is 30.5 Å². The number of hydrogen-bond acceptors (Lipinski definition) is 2. The van der Waals surface area contributed by atoms with Gasteiger partial charge in [0.1, 0.15) is 5.75 Å². The monoisotopic (exact) mass is 247 g/mol. The molecule has 0 unspecified atom stereocenters. The van der Waals surface area contributed by atoms with Crippen molar-refractivity contribution in [2.45, 2.75) is 32.6 Å². The quantitative estimate of drug-likeness (QED) is 0.821. The first kappa shape index (κ1) is 12.9. The third-order valence-corrected chi connectivity index (χ3v) is 3.29. The Morgan fingerprint density at radius 3 is 2.28 bits per heavy atom. The van der Waals surface area contributed by atoms with Crippen LogP contribution in [0.2, 0.25) is 0 Å². The number of rotatable bonds is 3. The zero-order chi connectivity index (χ0) is 13.2. The first-order chi connectivity index (χ1) is 8.47. The molecular formula is C15H21NO2. The highest BCUT2D eigenvalue weighted by molar-refractivity contribution is 5.78. The van der Waals surface area contributed by atoms with Crippen molar-refractivity contribution in [3.8, 4) is 5.75 Å². The summed E-state index contributed by atoms with van der Waals surface area (Å²) < 4.78 is 5.50. The van der Waals surface area contributed by atoms with Crippen LogP contribution < -0.4 is 4.74 Å². The number of likely N-dealkylation sites (tertiary alicyclic amines) is 1. The van der Waals surface area contributed by atoms with Crippen LogP contribution in [-0.2, 0) is 10.2 Å². The summed E-state index contributed by atoms with van der Waals surface area (Å²) in [5, 5.41) is 0. The Morgan fingerprint density at radius 2 is 1.83 bits per heavy atom. The largest absolute Gasteiger partial charge is 0.484 e. The molecule has 98 valence electrons. The van der Waals surface area contributed by atoms with Crippen molar-refractivity contribution in [1.82, 2.24) is 4.90 Å². The lowest BCUT2D eigenvalue weighted by atomic mass is 9.87. The number of nitrogens with zero attached hydrogens (tertiary/aromatic N) is 1. The molecule has 0 aromatic heterocycles. The predicted molar refractivity (Wildman–Crippen MR) is 71.8 cm³/mol. The summed E-state index contributed by atoms with van der Waals surface area (Å²) in [7, 11) is 0. The van der Waals surface area contributed by atoms with Crippen LogP contribution >= 0.6 is 0 Å². The second-order valence-electron chi connectivity index (χ2n) is 5.80. The highest BCUT2D eigenvalue weighted by atomic mass is 16.5. The van der Waals surface area contributed by atoms with Crippen molar-refractivity contribution in [1.29, 1.82) is 0 Å². The molecule has 1 fully saturated rings. The fraction of sp³-hybridized carbons (Fsp3) is 0.533. The standard InChI is InChI=1S/C15H21NO2/c1-15(2,3)12-5-7-13(8-6-12)18-11-14(17)16-9-4-10-16/h5-8H,4,9-11H2,1-3H3. The molecule has 0 radical (unpaired) electrons. The topological polar surface area (TPSA) is 29.5 Å². The Kier molecular flexibility index (Phi) is 3.60. The SMILES string of the molecule is CC(C)(C)c1ccc(OCC(=O)N2CCC2)cc1. The minimum absolute atomic E-state index is 0.0844. The highest BCUT2D eigenvalue weighted by Gasteiger charge is 2.20. The predicted octanol–water partition coefficient (Wildman–Crippen LogP) is 2.60. The van der Waals surface area contributed by atoms with Gasteiger partial charge >= 0.3 is 0 Å². The van der Waals surface area contributed by atoms with E-state index in [2.05, 4.69) is 32.9 Å². The average Bonchev–Trinajstić information content (AvgIpc) is 2.23. The zero-order valence-electron chi connectivity index (χ0n) is 11.4. The van der Waals surface area contributed by atoms with Crippen LogP contribution in [0.5, 0.6) is 5.75 Å². The summed E-state index contributed by atoms with van der Waals surface area (Å²) in [4.78, 5) is 13.4. The van der Waals surface area contributed by atoms with E-state index in [4.69, 9.17) is 4.74 Å². The molecule has 1 aromatic rings. The highest BCUT2D eigenvalue weighted by Crippen LogP contribution is 2.24. The van der Waals surface area contributed by atoms with Crippen LogP contribution in [0, 0.1) is 0 Å². The van der Waals surface area contributed by atoms with E-state index in [1.807, 2.05) is 17.0 Å². The van der Waals surface area contributed by atoms with E-state index in [0.717, 1.165) is 25.3 Å². The van der Waals surface area contributed by atoms with Crippen LogP contribution in [0.4, 0.5) is 0 Å². The molecule has 2 rings (SSSR count). The molecular weight excluding hydrogens is 226 g/mol. The number of carbonyl (C=O) groups is 1. The smallest absolute Gasteiger partial charge is 0.260 e. The Hall–Kier alpha value is -1.51. The maximum absolute atomic E-state index is 11.6. The van der Waals surface area contributed by atoms with Gasteiger partial charge in [-0.2, -0.15) is 0 Å². The lowest BCUT2D eigenvalue weighted by Crippen LogP contribution is -2.44. The molecule has 1 saturated heterocycles. The van der Waals surface area contributed by atoms with Crippen LogP contribution in [0.3, 0.4) is 0 Å². The first-order valence-corrected chi connectivity index (χ1v) is 6.48. The molecule has 0 N–H and O–H groups in total. The van der Waals surface area contributed by atoms with Crippen molar-refractivity contribution in [3.63, 3.8) is 0 Å². The van der Waals surface area contributed by atoms with Crippen molar-refractivity contribution in [3.05, 3.63) is 29.8 Å². The summed E-state index contributed by atoms with van der Waals surface area (Å²) in [6.45, 7) is 8.44. The van der Waals surface area contributed by atoms with Gasteiger partial charge in [0.15, 0.2) is 6.61 Å². The number of amides is 1. The minimum Gasteiger partial charge on any atom is -0.484 e. The fourth-order valence-corrected chi connectivity index (χ4v) is 1.85. The van der Waals surface area contributed by atoms with Crippen molar-refractivity contribution < 1.29 is 9.53 Å². The molecule has 0 aliphatic carbocycles. The van der Waals surface area contributed by atoms with E-state index in [1.165, 1.54) is 5.56 Å². The van der Waals surface area contributed by atoms with Crippen LogP contribution in [0.1, 0.15) is 32.8 Å². The van der Waals surface area contributed by atoms with Crippen molar-refractivity contribution in [2.75, 3.05) is 19.7 Å². The molecule has 1 heterocycles. The molecule has 0 saturated carbocycles. The van der Waals surface area contributed by atoms with Crippen LogP contribution in [0.15, 0.2) is 24.3 Å². The average molecular weight is 247 g/mol. The zero-order valence-corrected chi connectivity index (χ0v) is 11.4. The molecule has 1 aromatic carbocycles. The fourth-order valence-electron chi connectivity index (χ4n) is 1.85. The molecule has 1 aliphatic rings. The lowest BCUT2D eigenvalue weighted by Gasteiger charge is -2.30. The molecule has 0 spiro atoms. The third-order valence-electron chi connectivity index (χ3n) is 3.29. The van der Waals surface area contributed by atoms with E-state index < -0.39 is 0 Å². The van der Waals surface area contributed by atoms with E-state index in [9.17, 15) is 4.79 Å². The summed E-state index contributed by atoms with van der Waals surface area (Å²) in [5.41, 5.74) is 1.41. The van der Waals surface area contributed by atoms with Crippen LogP contribution in [0.25, 0.3) is 0 Å². The van der Waals surface area contributed by atoms with Crippen molar-refractivity contribution in [2.24, 2.45) is 0 Å². The van der Waals surface area contributed by atoms with Gasteiger partial charge in [0.2, 0.25) is 0 Å². The molecule has 18 heavy (non-hydrogen) atoms. The Morgan fingerprint density at radius 1 is 1.22 bits per heavy atom. The summed E-state index contributed by atoms with van der Waals surface area (Å²) in [6.07, 6.45) is 1.12. The molecule has 0 atom stereocenters. The molecule has 1 amide bonds. The van der Waals surface area contributed by atoms with Gasteiger partial charge in [-0.15, -0.1) is 0 Å². The normalized spacial score (nSPS) is 15.2. The summed E-state index contributed by atoms with van der Waals surface area (Å²) in [6, 6.07) is 7.99. The maximum atomic E-state index is 11.6. The second kappa shape index (κ2) is 5.01. The Bertz CT molecular complexity index is 413. The van der Waals surface area contributed by atoms with Gasteiger partial charge in [-0.05, 0) is 29.5 Å². The summed E-state index contributed by atoms with van der Waals surface area (Å²) >= 11 is 0. The molecule has 3 heteroatoms. The first-order valence-electron chi connectivity index (χ1n) is 6.48. The number of hydrogen-bond donors (Lipinski definition) is 0. The Labute approximate surface area is 109 Å². The van der Waals surface area contributed by atoms with E-state index >= 15 is 0 Å². The van der Waals surface area contributed by atoms with Gasteiger partial charge in [-0.1, -0.05) is 32.9 Å². The molecule has 3 nitrogen and oxygen atoms in total. The van der Waals surface area contributed by atoms with E-state index in [0.29, 0.717) is 0 Å². The molecule has 1 aliphatic heterocycles. The van der Waals surface area contributed by atoms with E-state index in [-0.39, 0.29) is 17.9 Å². The second-order valence-corrected chi connectivity index (χ2v) is 5.80. The lowest BCUT2D eigenvalue weighted by molar-refractivity contribution is -0.136. The molecule has 0 bridgehead atoms. The van der Waals surface area contributed by atoms with Gasteiger partial charge in [-0.25, -0.2) is 0 Å². The maximum Gasteiger partial charge on any atom is 0.260 e. The van der Waals surface area contributed by atoms with E-state index in [1.54, 1.807) is 0 Å². The minimum atomic E-state index is 0.0844. The van der Waals surface area contributed by atoms with Gasteiger partial charge < -0.3 is 9.64 Å². The van der Waals surface area contributed by atoms with Gasteiger partial charge in [0, 0.05) is 13.1 Å². The van der Waals surface area contributed by atoms with Crippen molar-refractivity contribution >= 4 is 5.91 Å². The van der Waals surface area contributed by atoms with Gasteiger partial charge in [0.05, 0.1) is 0 Å². The summed E-state index contributed by atoms with van der Waals surface area (Å²) in [5.74, 6) is 0.845.